The smallest absolute Gasteiger partial charge is 0.346 e. The van der Waals surface area contributed by atoms with Gasteiger partial charge in [0.15, 0.2) is 5.78 Å². The lowest BCUT2D eigenvalue weighted by molar-refractivity contribution is 0.0730. The molecule has 0 fully saturated rings. The van der Waals surface area contributed by atoms with Crippen molar-refractivity contribution in [2.24, 2.45) is 0 Å². The number of hydrogen-bond donors (Lipinski definition) is 0. The lowest BCUT2D eigenvalue weighted by Crippen LogP contribution is -2.10. The third kappa shape index (κ3) is 3.30. The number of esters is 1. The van der Waals surface area contributed by atoms with Gasteiger partial charge >= 0.3 is 5.97 Å². The van der Waals surface area contributed by atoms with Crippen molar-refractivity contribution in [1.29, 1.82) is 0 Å². The fraction of sp³-hybridized carbons (Fsp3) is 0.0667. The van der Waals surface area contributed by atoms with Crippen LogP contribution >= 0.6 is 15.9 Å². The number of Topliss-reactive ketones (excluding diaryl/α,β-unsaturated/α-hetero) is 1. The van der Waals surface area contributed by atoms with Gasteiger partial charge in [0.25, 0.3) is 0 Å². The third-order valence-corrected chi connectivity index (χ3v) is 3.12. The van der Waals surface area contributed by atoms with Gasteiger partial charge in [-0.05, 0) is 49.4 Å². The molecule has 0 heterocycles. The van der Waals surface area contributed by atoms with E-state index < -0.39 is 11.8 Å². The number of halogens is 2. The van der Waals surface area contributed by atoms with Gasteiger partial charge in [0.1, 0.15) is 11.6 Å². The van der Waals surface area contributed by atoms with Crippen LogP contribution in [0.3, 0.4) is 0 Å². The summed E-state index contributed by atoms with van der Waals surface area (Å²) in [7, 11) is 0. The second-order valence-corrected chi connectivity index (χ2v) is 5.01. The van der Waals surface area contributed by atoms with Crippen LogP contribution in [0.25, 0.3) is 0 Å². The summed E-state index contributed by atoms with van der Waals surface area (Å²) in [6.07, 6.45) is 0. The molecular weight excluding hydrogens is 327 g/mol. The van der Waals surface area contributed by atoms with E-state index in [2.05, 4.69) is 15.9 Å². The minimum atomic E-state index is -0.787. The predicted octanol–water partition coefficient (Wildman–Crippen LogP) is 4.01. The maximum atomic E-state index is 13.6. The first-order valence-electron chi connectivity index (χ1n) is 5.75. The highest BCUT2D eigenvalue weighted by Crippen LogP contribution is 2.18. The fourth-order valence-corrected chi connectivity index (χ4v) is 1.91. The Labute approximate surface area is 123 Å². The van der Waals surface area contributed by atoms with E-state index in [1.54, 1.807) is 18.2 Å². The van der Waals surface area contributed by atoms with Gasteiger partial charge < -0.3 is 4.74 Å². The van der Waals surface area contributed by atoms with Gasteiger partial charge in [-0.15, -0.1) is 0 Å². The molecule has 20 heavy (non-hydrogen) atoms. The van der Waals surface area contributed by atoms with Crippen LogP contribution in [0.5, 0.6) is 5.75 Å². The van der Waals surface area contributed by atoms with Crippen LogP contribution in [0.2, 0.25) is 0 Å². The van der Waals surface area contributed by atoms with Crippen molar-refractivity contribution < 1.29 is 18.7 Å². The lowest BCUT2D eigenvalue weighted by atomic mass is 10.1. The molecule has 0 aromatic heterocycles. The van der Waals surface area contributed by atoms with Gasteiger partial charge in [0.05, 0.1) is 5.56 Å². The Morgan fingerprint density at radius 2 is 1.75 bits per heavy atom. The Hall–Kier alpha value is -2.01. The molecule has 0 saturated carbocycles. The molecule has 0 radical (unpaired) electrons. The molecule has 0 saturated heterocycles. The van der Waals surface area contributed by atoms with E-state index in [0.717, 1.165) is 0 Å². The summed E-state index contributed by atoms with van der Waals surface area (Å²) >= 11 is 3.11. The Morgan fingerprint density at radius 3 is 2.30 bits per heavy atom. The van der Waals surface area contributed by atoms with E-state index >= 15 is 0 Å². The van der Waals surface area contributed by atoms with Crippen LogP contribution in [-0.2, 0) is 0 Å². The number of rotatable bonds is 3. The van der Waals surface area contributed by atoms with E-state index in [0.29, 0.717) is 10.0 Å². The first-order valence-corrected chi connectivity index (χ1v) is 6.55. The van der Waals surface area contributed by atoms with E-state index in [1.165, 1.54) is 31.2 Å². The summed E-state index contributed by atoms with van der Waals surface area (Å²) < 4.78 is 19.2. The third-order valence-electron chi connectivity index (χ3n) is 2.62. The number of carbonyl (C=O) groups is 2. The minimum Gasteiger partial charge on any atom is -0.423 e. The van der Waals surface area contributed by atoms with Gasteiger partial charge in [0, 0.05) is 10.0 Å². The molecular formula is C15H10BrFO3. The normalized spacial score (nSPS) is 10.2. The van der Waals surface area contributed by atoms with Crippen LogP contribution in [0, 0.1) is 5.82 Å². The summed E-state index contributed by atoms with van der Waals surface area (Å²) in [5, 5.41) is 0. The molecule has 0 spiro atoms. The van der Waals surface area contributed by atoms with Crippen LogP contribution < -0.4 is 4.74 Å². The van der Waals surface area contributed by atoms with E-state index in [1.807, 2.05) is 0 Å². The first-order chi connectivity index (χ1) is 9.47. The lowest BCUT2D eigenvalue weighted by Gasteiger charge is -2.06. The second kappa shape index (κ2) is 5.96. The molecule has 0 aliphatic rings. The second-order valence-electron chi connectivity index (χ2n) is 4.09. The summed E-state index contributed by atoms with van der Waals surface area (Å²) in [6.45, 7) is 1.44. The van der Waals surface area contributed by atoms with Gasteiger partial charge in [-0.3, -0.25) is 4.79 Å². The molecule has 0 amide bonds. The molecule has 0 bridgehead atoms. The quantitative estimate of drug-likeness (QED) is 0.483. The topological polar surface area (TPSA) is 43.4 Å². The van der Waals surface area contributed by atoms with Crippen molar-refractivity contribution in [2.75, 3.05) is 0 Å². The van der Waals surface area contributed by atoms with Crippen molar-refractivity contribution in [3.8, 4) is 5.75 Å². The van der Waals surface area contributed by atoms with Gasteiger partial charge in [-0.2, -0.15) is 0 Å². The van der Waals surface area contributed by atoms with Crippen molar-refractivity contribution in [3.63, 3.8) is 0 Å². The zero-order chi connectivity index (χ0) is 14.7. The van der Waals surface area contributed by atoms with Crippen molar-refractivity contribution in [3.05, 3.63) is 63.9 Å². The summed E-state index contributed by atoms with van der Waals surface area (Å²) in [4.78, 5) is 22.9. The summed E-state index contributed by atoms with van der Waals surface area (Å²) in [5.74, 6) is -1.28. The Balaban J connectivity index is 2.17. The van der Waals surface area contributed by atoms with E-state index in [9.17, 15) is 14.0 Å². The summed E-state index contributed by atoms with van der Waals surface area (Å²) in [5.41, 5.74) is 0.364. The average Bonchev–Trinajstić information content (AvgIpc) is 2.39. The SMILES string of the molecule is CC(=O)c1ccc(OC(=O)c2ccc(Br)cc2F)cc1. The van der Waals surface area contributed by atoms with Crippen LogP contribution in [0.1, 0.15) is 27.6 Å². The Morgan fingerprint density at radius 1 is 1.10 bits per heavy atom. The molecule has 0 aliphatic carbocycles. The molecule has 2 aromatic rings. The molecule has 0 atom stereocenters. The van der Waals surface area contributed by atoms with Gasteiger partial charge in [0.2, 0.25) is 0 Å². The maximum absolute atomic E-state index is 13.6. The van der Waals surface area contributed by atoms with Gasteiger partial charge in [-0.25, -0.2) is 9.18 Å². The fourth-order valence-electron chi connectivity index (χ4n) is 1.57. The largest absolute Gasteiger partial charge is 0.423 e. The standard InChI is InChI=1S/C15H10BrFO3/c1-9(18)10-2-5-12(6-3-10)20-15(19)13-7-4-11(16)8-14(13)17/h2-8H,1H3. The van der Waals surface area contributed by atoms with Crippen LogP contribution in [0.4, 0.5) is 4.39 Å². The molecule has 102 valence electrons. The van der Waals surface area contributed by atoms with Crippen LogP contribution in [0.15, 0.2) is 46.9 Å². The van der Waals surface area contributed by atoms with Gasteiger partial charge in [-0.1, -0.05) is 15.9 Å². The van der Waals surface area contributed by atoms with Crippen molar-refractivity contribution in [1.82, 2.24) is 0 Å². The molecule has 2 rings (SSSR count). The predicted molar refractivity (Wildman–Crippen MR) is 75.5 cm³/mol. The molecule has 0 unspecified atom stereocenters. The average molecular weight is 337 g/mol. The molecule has 0 N–H and O–H groups in total. The number of hydrogen-bond acceptors (Lipinski definition) is 3. The van der Waals surface area contributed by atoms with Crippen molar-refractivity contribution >= 4 is 27.7 Å². The zero-order valence-corrected chi connectivity index (χ0v) is 12.1. The highest BCUT2D eigenvalue weighted by molar-refractivity contribution is 9.10. The number of ketones is 1. The Kier molecular flexibility index (Phi) is 4.29. The molecule has 5 heteroatoms. The molecule has 3 nitrogen and oxygen atoms in total. The molecule has 0 aliphatic heterocycles. The summed E-state index contributed by atoms with van der Waals surface area (Å²) in [6, 6.07) is 10.2. The minimum absolute atomic E-state index is 0.0816. The van der Waals surface area contributed by atoms with E-state index in [4.69, 9.17) is 4.74 Å². The number of benzene rings is 2. The number of carbonyl (C=O) groups excluding carboxylic acids is 2. The Bertz CT molecular complexity index is 665. The highest BCUT2D eigenvalue weighted by Gasteiger charge is 2.14. The molecule has 2 aromatic carbocycles. The van der Waals surface area contributed by atoms with Crippen LogP contribution in [-0.4, -0.2) is 11.8 Å². The zero-order valence-electron chi connectivity index (χ0n) is 10.5. The van der Waals surface area contributed by atoms with Crippen molar-refractivity contribution in [2.45, 2.75) is 6.92 Å². The highest BCUT2D eigenvalue weighted by atomic mass is 79.9. The maximum Gasteiger partial charge on any atom is 0.346 e. The van der Waals surface area contributed by atoms with E-state index in [-0.39, 0.29) is 17.1 Å². The first kappa shape index (κ1) is 14.4. The monoisotopic (exact) mass is 336 g/mol. The number of ether oxygens (including phenoxy) is 1.